The summed E-state index contributed by atoms with van der Waals surface area (Å²) in [5, 5.41) is 45.9. The lowest BCUT2D eigenvalue weighted by atomic mass is 10.0. The first-order chi connectivity index (χ1) is 18.7. The SMILES string of the molecule is C=Cc1ccc(C(O)O)cc1.C=Cc1ccc(C2OCC3O[C@H](O)CC(O)[C@@H]3O2)cc1.CC1CC(O)CCO1. The number of aliphatic hydroxyl groups excluding tert-OH is 4. The second-order valence-electron chi connectivity index (χ2n) is 9.67. The van der Waals surface area contributed by atoms with Crippen molar-refractivity contribution in [3.8, 4) is 0 Å². The van der Waals surface area contributed by atoms with Crippen molar-refractivity contribution in [1.29, 1.82) is 0 Å². The molecule has 0 amide bonds. The molecule has 5 unspecified atom stereocenters. The molecular formula is C30H40O9. The molecule has 9 heteroatoms. The Balaban J connectivity index is 0.000000185. The summed E-state index contributed by atoms with van der Waals surface area (Å²) in [5.74, 6) is 0. The van der Waals surface area contributed by atoms with Crippen LogP contribution in [0.1, 0.15) is 61.0 Å². The minimum absolute atomic E-state index is 0.112. The van der Waals surface area contributed by atoms with E-state index >= 15 is 0 Å². The topological polar surface area (TPSA) is 138 Å². The average molecular weight is 545 g/mol. The van der Waals surface area contributed by atoms with Crippen LogP contribution >= 0.6 is 0 Å². The largest absolute Gasteiger partial charge is 0.393 e. The number of fused-ring (bicyclic) bond motifs is 1. The molecule has 0 aromatic heterocycles. The van der Waals surface area contributed by atoms with Crippen molar-refractivity contribution in [3.63, 3.8) is 0 Å². The first-order valence-electron chi connectivity index (χ1n) is 13.1. The van der Waals surface area contributed by atoms with E-state index in [-0.39, 0.29) is 25.2 Å². The van der Waals surface area contributed by atoms with Gasteiger partial charge in [0.2, 0.25) is 0 Å². The number of hydrogen-bond donors (Lipinski definition) is 5. The number of rotatable bonds is 4. The van der Waals surface area contributed by atoms with Gasteiger partial charge in [0.1, 0.15) is 12.2 Å². The van der Waals surface area contributed by atoms with Crippen molar-refractivity contribution in [2.75, 3.05) is 13.2 Å². The zero-order valence-electron chi connectivity index (χ0n) is 22.2. The van der Waals surface area contributed by atoms with Gasteiger partial charge in [0.25, 0.3) is 0 Å². The molecule has 0 spiro atoms. The molecule has 3 fully saturated rings. The molecule has 3 aliphatic heterocycles. The lowest BCUT2D eigenvalue weighted by Crippen LogP contribution is -2.54. The maximum atomic E-state index is 9.99. The minimum atomic E-state index is -1.38. The molecule has 3 heterocycles. The first kappa shape index (κ1) is 31.1. The minimum Gasteiger partial charge on any atom is -0.393 e. The van der Waals surface area contributed by atoms with E-state index in [0.29, 0.717) is 5.56 Å². The van der Waals surface area contributed by atoms with E-state index in [9.17, 15) is 10.2 Å². The van der Waals surface area contributed by atoms with Crippen LogP contribution < -0.4 is 0 Å². The van der Waals surface area contributed by atoms with Crippen molar-refractivity contribution in [3.05, 3.63) is 83.9 Å². The van der Waals surface area contributed by atoms with Crippen LogP contribution in [0, 0.1) is 0 Å². The fourth-order valence-electron chi connectivity index (χ4n) is 4.34. The van der Waals surface area contributed by atoms with Gasteiger partial charge in [-0.2, -0.15) is 0 Å². The van der Waals surface area contributed by atoms with Gasteiger partial charge in [-0.25, -0.2) is 0 Å². The van der Waals surface area contributed by atoms with Crippen LogP contribution in [0.15, 0.2) is 61.7 Å². The highest BCUT2D eigenvalue weighted by Crippen LogP contribution is 2.33. The van der Waals surface area contributed by atoms with Crippen molar-refractivity contribution in [2.24, 2.45) is 0 Å². The standard InChI is InChI=1S/C15H18O5.C9H10O2.C6H12O2/c1-2-9-3-5-10(6-4-9)15-18-8-12-14(20-15)11(16)7-13(17)19-12;1-2-7-3-5-8(6-4-7)9(10)11;1-5-4-6(7)2-3-8-5/h2-6,11-17H,1,7-8H2;2-6,9-11H,1H2;5-7H,2-4H2,1H3/t11?,12?,13-,14-,15?;;/m0../s1. The molecule has 0 bridgehead atoms. The van der Waals surface area contributed by atoms with Crippen LogP contribution in [0.4, 0.5) is 0 Å². The van der Waals surface area contributed by atoms with E-state index in [2.05, 4.69) is 13.2 Å². The van der Waals surface area contributed by atoms with Crippen LogP contribution in [0.5, 0.6) is 0 Å². The average Bonchev–Trinajstić information content (AvgIpc) is 2.93. The summed E-state index contributed by atoms with van der Waals surface area (Å²) in [4.78, 5) is 0. The van der Waals surface area contributed by atoms with Crippen molar-refractivity contribution < 1.29 is 44.5 Å². The summed E-state index contributed by atoms with van der Waals surface area (Å²) in [6.07, 6.45) is 0.872. The molecule has 9 nitrogen and oxygen atoms in total. The zero-order chi connectivity index (χ0) is 28.4. The van der Waals surface area contributed by atoms with Crippen LogP contribution in [-0.4, -0.2) is 75.6 Å². The Morgan fingerprint density at radius 1 is 0.846 bits per heavy atom. The van der Waals surface area contributed by atoms with Gasteiger partial charge in [0.05, 0.1) is 24.9 Å². The summed E-state index contributed by atoms with van der Waals surface area (Å²) in [5.41, 5.74) is 3.36. The molecule has 5 N–H and O–H groups in total. The highest BCUT2D eigenvalue weighted by Gasteiger charge is 2.43. The van der Waals surface area contributed by atoms with Gasteiger partial charge in [-0.15, -0.1) is 0 Å². The second-order valence-corrected chi connectivity index (χ2v) is 9.67. The molecule has 214 valence electrons. The number of benzene rings is 2. The van der Waals surface area contributed by atoms with E-state index in [1.54, 1.807) is 36.4 Å². The third-order valence-electron chi connectivity index (χ3n) is 6.59. The third kappa shape index (κ3) is 9.61. The first-order valence-corrected chi connectivity index (χ1v) is 13.1. The highest BCUT2D eigenvalue weighted by molar-refractivity contribution is 5.47. The lowest BCUT2D eigenvalue weighted by molar-refractivity contribution is -0.331. The molecule has 39 heavy (non-hydrogen) atoms. The smallest absolute Gasteiger partial charge is 0.184 e. The van der Waals surface area contributed by atoms with Gasteiger partial charge >= 0.3 is 0 Å². The van der Waals surface area contributed by atoms with Gasteiger partial charge in [-0.3, -0.25) is 0 Å². The number of ether oxygens (including phenoxy) is 4. The molecule has 0 saturated carbocycles. The second kappa shape index (κ2) is 15.4. The Hall–Kier alpha value is -2.44. The van der Waals surface area contributed by atoms with Gasteiger partial charge in [-0.1, -0.05) is 73.8 Å². The molecule has 3 aliphatic rings. The summed E-state index contributed by atoms with van der Waals surface area (Å²) in [6, 6.07) is 14.5. The zero-order valence-corrected chi connectivity index (χ0v) is 22.2. The normalized spacial score (nSPS) is 30.1. The van der Waals surface area contributed by atoms with Gasteiger partial charge < -0.3 is 44.5 Å². The van der Waals surface area contributed by atoms with Gasteiger partial charge in [-0.05, 0) is 30.9 Å². The molecule has 0 aliphatic carbocycles. The Kier molecular flexibility index (Phi) is 12.3. The Labute approximate surface area is 229 Å². The van der Waals surface area contributed by atoms with E-state index < -0.39 is 37.2 Å². The summed E-state index contributed by atoms with van der Waals surface area (Å²) in [7, 11) is 0. The third-order valence-corrected chi connectivity index (χ3v) is 6.59. The van der Waals surface area contributed by atoms with E-state index in [0.717, 1.165) is 36.1 Å². The van der Waals surface area contributed by atoms with E-state index in [1.165, 1.54) is 0 Å². The summed E-state index contributed by atoms with van der Waals surface area (Å²) >= 11 is 0. The summed E-state index contributed by atoms with van der Waals surface area (Å²) in [6.45, 7) is 10.3. The maximum Gasteiger partial charge on any atom is 0.184 e. The summed E-state index contributed by atoms with van der Waals surface area (Å²) < 4.78 is 21.9. The number of hydrogen-bond acceptors (Lipinski definition) is 9. The molecule has 2 aromatic carbocycles. The van der Waals surface area contributed by atoms with Gasteiger partial charge in [0.15, 0.2) is 18.9 Å². The van der Waals surface area contributed by atoms with E-state index in [4.69, 9.17) is 34.3 Å². The molecule has 2 aromatic rings. The number of aliphatic hydroxyl groups is 5. The lowest BCUT2D eigenvalue weighted by Gasteiger charge is -2.43. The van der Waals surface area contributed by atoms with Crippen LogP contribution in [0.25, 0.3) is 12.2 Å². The van der Waals surface area contributed by atoms with Crippen molar-refractivity contribution in [2.45, 2.75) is 75.6 Å². The maximum absolute atomic E-state index is 9.99. The Bertz CT molecular complexity index is 1000. The van der Waals surface area contributed by atoms with Crippen molar-refractivity contribution in [1.82, 2.24) is 0 Å². The quantitative estimate of drug-likeness (QED) is 0.368. The molecule has 0 radical (unpaired) electrons. The fraction of sp³-hybridized carbons (Fsp3) is 0.467. The van der Waals surface area contributed by atoms with Gasteiger partial charge in [0, 0.05) is 24.2 Å². The van der Waals surface area contributed by atoms with Crippen LogP contribution in [0.2, 0.25) is 0 Å². The Morgan fingerprint density at radius 3 is 1.97 bits per heavy atom. The molecule has 7 atom stereocenters. The molecule has 3 saturated heterocycles. The fourth-order valence-corrected chi connectivity index (χ4v) is 4.34. The van der Waals surface area contributed by atoms with Crippen LogP contribution in [0.3, 0.4) is 0 Å². The highest BCUT2D eigenvalue weighted by atomic mass is 16.7. The van der Waals surface area contributed by atoms with E-state index in [1.807, 2.05) is 31.2 Å². The Morgan fingerprint density at radius 2 is 1.46 bits per heavy atom. The molecular weight excluding hydrogens is 504 g/mol. The van der Waals surface area contributed by atoms with Crippen molar-refractivity contribution >= 4 is 12.2 Å². The predicted molar refractivity (Wildman–Crippen MR) is 146 cm³/mol. The molecule has 5 rings (SSSR count). The monoisotopic (exact) mass is 544 g/mol. The predicted octanol–water partition coefficient (Wildman–Crippen LogP) is 3.07. The van der Waals surface area contributed by atoms with Crippen LogP contribution in [-0.2, 0) is 18.9 Å².